The van der Waals surface area contributed by atoms with E-state index in [0.29, 0.717) is 0 Å². The predicted molar refractivity (Wildman–Crippen MR) is 35.3 cm³/mol. The van der Waals surface area contributed by atoms with Gasteiger partial charge in [-0.05, 0) is 6.42 Å². The number of alkyl halides is 3. The van der Waals surface area contributed by atoms with Crippen LogP contribution in [-0.2, 0) is 9.53 Å². The second-order valence-electron chi connectivity index (χ2n) is 2.31. The summed E-state index contributed by atoms with van der Waals surface area (Å²) in [6.07, 6.45) is -5.31. The topological polar surface area (TPSA) is 52.3 Å². The maximum absolute atomic E-state index is 12.1. The van der Waals surface area contributed by atoms with Crippen molar-refractivity contribution >= 4 is 5.97 Å². The number of esters is 1. The van der Waals surface area contributed by atoms with Gasteiger partial charge in [0.2, 0.25) is 5.54 Å². The third-order valence-electron chi connectivity index (χ3n) is 1.61. The van der Waals surface area contributed by atoms with Gasteiger partial charge in [0, 0.05) is 0 Å². The molecule has 3 nitrogen and oxygen atoms in total. The molecule has 0 aromatic carbocycles. The average Bonchev–Trinajstić information content (AvgIpc) is 1.99. The van der Waals surface area contributed by atoms with Gasteiger partial charge in [0.25, 0.3) is 0 Å². The summed E-state index contributed by atoms with van der Waals surface area (Å²) in [6.45, 7) is 1.17. The number of hydrogen-bond donors (Lipinski definition) is 1. The standard InChI is InChI=1S/C6H10F3NO2/c1-3-5(10,4(11)12-2)6(7,8)9/h3,10H2,1-2H3. The summed E-state index contributed by atoms with van der Waals surface area (Å²) in [5.74, 6) is -1.46. The highest BCUT2D eigenvalue weighted by Gasteiger charge is 2.57. The second kappa shape index (κ2) is 3.30. The van der Waals surface area contributed by atoms with Crippen LogP contribution in [0.5, 0.6) is 0 Å². The Bertz CT molecular complexity index is 180. The first-order valence-electron chi connectivity index (χ1n) is 3.23. The molecule has 0 aliphatic rings. The van der Waals surface area contributed by atoms with Crippen LogP contribution >= 0.6 is 0 Å². The smallest absolute Gasteiger partial charge is 0.417 e. The van der Waals surface area contributed by atoms with Gasteiger partial charge >= 0.3 is 12.1 Å². The van der Waals surface area contributed by atoms with Crippen molar-refractivity contribution in [3.63, 3.8) is 0 Å². The first kappa shape index (κ1) is 11.2. The van der Waals surface area contributed by atoms with E-state index in [2.05, 4.69) is 4.74 Å². The average molecular weight is 185 g/mol. The molecule has 0 heterocycles. The number of carbonyl (C=O) groups is 1. The van der Waals surface area contributed by atoms with Gasteiger partial charge < -0.3 is 10.5 Å². The Morgan fingerprint density at radius 1 is 1.50 bits per heavy atom. The molecule has 0 fully saturated rings. The van der Waals surface area contributed by atoms with Crippen molar-refractivity contribution in [1.82, 2.24) is 0 Å². The summed E-state index contributed by atoms with van der Waals surface area (Å²) in [5.41, 5.74) is 1.96. The summed E-state index contributed by atoms with van der Waals surface area (Å²) < 4.78 is 40.3. The van der Waals surface area contributed by atoms with Gasteiger partial charge in [0.15, 0.2) is 0 Å². The lowest BCUT2D eigenvalue weighted by Crippen LogP contribution is -2.59. The number of halogens is 3. The van der Waals surface area contributed by atoms with Crippen LogP contribution in [0.3, 0.4) is 0 Å². The fourth-order valence-electron chi connectivity index (χ4n) is 0.643. The molecule has 2 N–H and O–H groups in total. The lowest BCUT2D eigenvalue weighted by atomic mass is 9.97. The SMILES string of the molecule is CCC(N)(C(=O)OC)C(F)(F)F. The highest BCUT2D eigenvalue weighted by Crippen LogP contribution is 2.31. The van der Waals surface area contributed by atoms with E-state index in [4.69, 9.17) is 5.73 Å². The number of carbonyl (C=O) groups excluding carboxylic acids is 1. The number of rotatable bonds is 2. The Labute approximate surface area is 67.7 Å². The van der Waals surface area contributed by atoms with Crippen LogP contribution in [0.4, 0.5) is 13.2 Å². The van der Waals surface area contributed by atoms with Crippen LogP contribution in [0.15, 0.2) is 0 Å². The zero-order valence-electron chi connectivity index (χ0n) is 6.73. The van der Waals surface area contributed by atoms with Crippen molar-refractivity contribution in [1.29, 1.82) is 0 Å². The van der Waals surface area contributed by atoms with Crippen LogP contribution in [-0.4, -0.2) is 24.8 Å². The van der Waals surface area contributed by atoms with E-state index in [-0.39, 0.29) is 0 Å². The van der Waals surface area contributed by atoms with Crippen LogP contribution < -0.4 is 5.73 Å². The number of nitrogens with two attached hydrogens (primary N) is 1. The van der Waals surface area contributed by atoms with Gasteiger partial charge in [-0.15, -0.1) is 0 Å². The molecule has 1 atom stereocenters. The molecule has 72 valence electrons. The Morgan fingerprint density at radius 2 is 1.92 bits per heavy atom. The summed E-state index contributed by atoms with van der Waals surface area (Å²) >= 11 is 0. The Balaban J connectivity index is 4.80. The number of hydrogen-bond acceptors (Lipinski definition) is 3. The van der Waals surface area contributed by atoms with Crippen LogP contribution in [0.2, 0.25) is 0 Å². The van der Waals surface area contributed by atoms with Crippen molar-refractivity contribution in [2.75, 3.05) is 7.11 Å². The maximum atomic E-state index is 12.1. The van der Waals surface area contributed by atoms with E-state index in [0.717, 1.165) is 7.11 Å². The molecule has 0 radical (unpaired) electrons. The molecule has 0 spiro atoms. The lowest BCUT2D eigenvalue weighted by molar-refractivity contribution is -0.204. The highest BCUT2D eigenvalue weighted by atomic mass is 19.4. The van der Waals surface area contributed by atoms with E-state index in [1.807, 2.05) is 0 Å². The van der Waals surface area contributed by atoms with Gasteiger partial charge in [-0.1, -0.05) is 6.92 Å². The van der Waals surface area contributed by atoms with E-state index in [1.165, 1.54) is 6.92 Å². The lowest BCUT2D eigenvalue weighted by Gasteiger charge is -2.27. The van der Waals surface area contributed by atoms with Crippen LogP contribution in [0, 0.1) is 0 Å². The fraction of sp³-hybridized carbons (Fsp3) is 0.833. The molecular formula is C6H10F3NO2. The summed E-state index contributed by atoms with van der Waals surface area (Å²) in [5, 5.41) is 0. The summed E-state index contributed by atoms with van der Waals surface area (Å²) in [7, 11) is 0.866. The molecular weight excluding hydrogens is 175 g/mol. The Hall–Kier alpha value is -0.780. The van der Waals surface area contributed by atoms with Crippen molar-refractivity contribution in [3.8, 4) is 0 Å². The predicted octanol–water partition coefficient (Wildman–Crippen LogP) is 0.829. The van der Waals surface area contributed by atoms with Crippen molar-refractivity contribution < 1.29 is 22.7 Å². The molecule has 0 aliphatic carbocycles. The monoisotopic (exact) mass is 185 g/mol. The summed E-state index contributed by atoms with van der Waals surface area (Å²) in [6, 6.07) is 0. The van der Waals surface area contributed by atoms with E-state index >= 15 is 0 Å². The molecule has 0 aliphatic heterocycles. The third-order valence-corrected chi connectivity index (χ3v) is 1.61. The summed E-state index contributed by atoms with van der Waals surface area (Å²) in [4.78, 5) is 10.6. The number of ether oxygens (including phenoxy) is 1. The molecule has 0 amide bonds. The quantitative estimate of drug-likeness (QED) is 0.648. The van der Waals surface area contributed by atoms with Gasteiger partial charge in [-0.3, -0.25) is 0 Å². The van der Waals surface area contributed by atoms with Gasteiger partial charge in [0.1, 0.15) is 0 Å². The van der Waals surface area contributed by atoms with Gasteiger partial charge in [-0.25, -0.2) is 4.79 Å². The molecule has 0 aromatic heterocycles. The van der Waals surface area contributed by atoms with E-state index in [1.54, 1.807) is 0 Å². The molecule has 1 unspecified atom stereocenters. The normalized spacial score (nSPS) is 16.8. The largest absolute Gasteiger partial charge is 0.467 e. The van der Waals surface area contributed by atoms with Crippen molar-refractivity contribution in [2.24, 2.45) is 5.73 Å². The van der Waals surface area contributed by atoms with Crippen molar-refractivity contribution in [3.05, 3.63) is 0 Å². The first-order valence-corrected chi connectivity index (χ1v) is 3.23. The first-order chi connectivity index (χ1) is 5.29. The number of methoxy groups -OCH3 is 1. The zero-order valence-corrected chi connectivity index (χ0v) is 6.73. The minimum atomic E-state index is -4.77. The minimum absolute atomic E-state index is 0.539. The van der Waals surface area contributed by atoms with Crippen LogP contribution in [0.1, 0.15) is 13.3 Å². The molecule has 0 bridgehead atoms. The molecule has 0 aromatic rings. The Morgan fingerprint density at radius 3 is 2.00 bits per heavy atom. The molecule has 6 heteroatoms. The van der Waals surface area contributed by atoms with Gasteiger partial charge in [0.05, 0.1) is 7.11 Å². The van der Waals surface area contributed by atoms with Crippen molar-refractivity contribution in [2.45, 2.75) is 25.1 Å². The van der Waals surface area contributed by atoms with E-state index < -0.39 is 24.1 Å². The minimum Gasteiger partial charge on any atom is -0.467 e. The van der Waals surface area contributed by atoms with Gasteiger partial charge in [-0.2, -0.15) is 13.2 Å². The molecule has 12 heavy (non-hydrogen) atoms. The van der Waals surface area contributed by atoms with Crippen LogP contribution in [0.25, 0.3) is 0 Å². The Kier molecular flexibility index (Phi) is 3.09. The zero-order chi connectivity index (χ0) is 9.99. The maximum Gasteiger partial charge on any atom is 0.417 e. The third kappa shape index (κ3) is 1.69. The molecule has 0 saturated heterocycles. The fourth-order valence-corrected chi connectivity index (χ4v) is 0.643. The highest BCUT2D eigenvalue weighted by molar-refractivity contribution is 5.81. The van der Waals surface area contributed by atoms with E-state index in [9.17, 15) is 18.0 Å². The molecule has 0 saturated carbocycles. The second-order valence-corrected chi connectivity index (χ2v) is 2.31. The molecule has 0 rings (SSSR count).